The molecule has 0 aliphatic carbocycles. The van der Waals surface area contributed by atoms with Crippen molar-refractivity contribution in [1.82, 2.24) is 0 Å². The monoisotopic (exact) mass is 395 g/mol. The molecule has 1 N–H and O–H groups in total. The minimum atomic E-state index is -0.103. The Bertz CT molecular complexity index is 657. The number of nitrogens with one attached hydrogen (secondary N) is 1. The number of carbonyl (C=O) groups excluding carboxylic acids is 1. The van der Waals surface area contributed by atoms with Crippen LogP contribution >= 0.6 is 31.9 Å². The van der Waals surface area contributed by atoms with E-state index in [1.807, 2.05) is 51.1 Å². The molecule has 2 nitrogen and oxygen atoms in total. The molecule has 0 unspecified atom stereocenters. The summed E-state index contributed by atoms with van der Waals surface area (Å²) >= 11 is 6.94. The van der Waals surface area contributed by atoms with E-state index in [0.717, 1.165) is 31.3 Å². The maximum absolute atomic E-state index is 12.3. The second kappa shape index (κ2) is 6.10. The van der Waals surface area contributed by atoms with Crippen molar-refractivity contribution < 1.29 is 4.79 Å². The fraction of sp³-hybridized carbons (Fsp3) is 0.188. The number of hydrogen-bond donors (Lipinski definition) is 1. The zero-order valence-corrected chi connectivity index (χ0v) is 14.7. The minimum Gasteiger partial charge on any atom is -0.321 e. The molecule has 2 rings (SSSR count). The average molecular weight is 397 g/mol. The first-order valence-corrected chi connectivity index (χ1v) is 7.81. The van der Waals surface area contributed by atoms with Gasteiger partial charge in [-0.15, -0.1) is 0 Å². The number of halogens is 2. The Kier molecular flexibility index (Phi) is 4.66. The quantitative estimate of drug-likeness (QED) is 0.724. The standard InChI is InChI=1S/C16H15Br2NO/c1-9-6-11(3)15(14(18)7-9)19-16(20)12-4-5-13(17)10(2)8-12/h4-8H,1-3H3,(H,19,20). The van der Waals surface area contributed by atoms with Gasteiger partial charge in [-0.25, -0.2) is 0 Å². The Labute approximate surface area is 135 Å². The van der Waals surface area contributed by atoms with E-state index in [1.165, 1.54) is 0 Å². The highest BCUT2D eigenvalue weighted by molar-refractivity contribution is 9.10. The highest BCUT2D eigenvalue weighted by Gasteiger charge is 2.11. The summed E-state index contributed by atoms with van der Waals surface area (Å²) in [5, 5.41) is 2.97. The van der Waals surface area contributed by atoms with Crippen LogP contribution in [0.3, 0.4) is 0 Å². The number of hydrogen-bond acceptors (Lipinski definition) is 1. The first-order chi connectivity index (χ1) is 9.38. The van der Waals surface area contributed by atoms with E-state index in [0.29, 0.717) is 5.56 Å². The van der Waals surface area contributed by atoms with Gasteiger partial charge in [-0.2, -0.15) is 0 Å². The molecule has 0 spiro atoms. The lowest BCUT2D eigenvalue weighted by molar-refractivity contribution is 0.102. The molecule has 0 saturated heterocycles. The summed E-state index contributed by atoms with van der Waals surface area (Å²) in [6.45, 7) is 5.98. The Morgan fingerprint density at radius 2 is 1.65 bits per heavy atom. The average Bonchev–Trinajstić information content (AvgIpc) is 2.36. The van der Waals surface area contributed by atoms with Gasteiger partial charge in [0.15, 0.2) is 0 Å². The molecule has 0 aliphatic heterocycles. The second-order valence-electron chi connectivity index (χ2n) is 4.86. The van der Waals surface area contributed by atoms with E-state index >= 15 is 0 Å². The van der Waals surface area contributed by atoms with Crippen LogP contribution in [0.15, 0.2) is 39.3 Å². The Balaban J connectivity index is 2.30. The van der Waals surface area contributed by atoms with Crippen molar-refractivity contribution in [2.75, 3.05) is 5.32 Å². The Morgan fingerprint density at radius 1 is 0.950 bits per heavy atom. The normalized spacial score (nSPS) is 10.4. The van der Waals surface area contributed by atoms with Crippen LogP contribution in [-0.4, -0.2) is 5.91 Å². The van der Waals surface area contributed by atoms with Gasteiger partial charge >= 0.3 is 0 Å². The molecular weight excluding hydrogens is 382 g/mol. The van der Waals surface area contributed by atoms with Gasteiger partial charge < -0.3 is 5.32 Å². The van der Waals surface area contributed by atoms with Gasteiger partial charge in [0, 0.05) is 14.5 Å². The summed E-state index contributed by atoms with van der Waals surface area (Å²) in [7, 11) is 0. The molecule has 20 heavy (non-hydrogen) atoms. The lowest BCUT2D eigenvalue weighted by Crippen LogP contribution is -2.13. The summed E-state index contributed by atoms with van der Waals surface area (Å²) in [4.78, 5) is 12.3. The molecule has 0 saturated carbocycles. The van der Waals surface area contributed by atoms with E-state index < -0.39 is 0 Å². The van der Waals surface area contributed by atoms with Crippen LogP contribution in [0, 0.1) is 20.8 Å². The van der Waals surface area contributed by atoms with Gasteiger partial charge in [-0.05, 0) is 77.7 Å². The summed E-state index contributed by atoms with van der Waals surface area (Å²) in [5.41, 5.74) is 4.71. The van der Waals surface area contributed by atoms with E-state index in [2.05, 4.69) is 37.2 Å². The predicted octanol–water partition coefficient (Wildman–Crippen LogP) is 5.39. The van der Waals surface area contributed by atoms with Crippen molar-refractivity contribution in [1.29, 1.82) is 0 Å². The molecular formula is C16H15Br2NO. The molecule has 4 heteroatoms. The van der Waals surface area contributed by atoms with E-state index in [9.17, 15) is 4.79 Å². The van der Waals surface area contributed by atoms with Crippen LogP contribution < -0.4 is 5.32 Å². The first kappa shape index (κ1) is 15.3. The van der Waals surface area contributed by atoms with Crippen LogP contribution in [0.5, 0.6) is 0 Å². The largest absolute Gasteiger partial charge is 0.321 e. The molecule has 0 aromatic heterocycles. The van der Waals surface area contributed by atoms with E-state index in [1.54, 1.807) is 0 Å². The maximum Gasteiger partial charge on any atom is 0.255 e. The third-order valence-electron chi connectivity index (χ3n) is 3.09. The van der Waals surface area contributed by atoms with Crippen molar-refractivity contribution >= 4 is 43.5 Å². The Morgan fingerprint density at radius 3 is 2.25 bits per heavy atom. The maximum atomic E-state index is 12.3. The highest BCUT2D eigenvalue weighted by Crippen LogP contribution is 2.28. The third-order valence-corrected chi connectivity index (χ3v) is 4.61. The van der Waals surface area contributed by atoms with Crippen molar-refractivity contribution in [3.05, 3.63) is 61.5 Å². The predicted molar refractivity (Wildman–Crippen MR) is 90.4 cm³/mol. The SMILES string of the molecule is Cc1cc(C)c(NC(=O)c2ccc(Br)c(C)c2)c(Br)c1. The molecule has 0 aliphatic rings. The van der Waals surface area contributed by atoms with Crippen LogP contribution in [0.1, 0.15) is 27.0 Å². The van der Waals surface area contributed by atoms with Gasteiger partial charge in [0.25, 0.3) is 5.91 Å². The summed E-state index contributed by atoms with van der Waals surface area (Å²) in [6.07, 6.45) is 0. The number of anilines is 1. The smallest absolute Gasteiger partial charge is 0.255 e. The summed E-state index contributed by atoms with van der Waals surface area (Å²) in [6, 6.07) is 9.62. The van der Waals surface area contributed by atoms with Gasteiger partial charge in [0.1, 0.15) is 0 Å². The number of aryl methyl sites for hydroxylation is 3. The minimum absolute atomic E-state index is 0.103. The fourth-order valence-corrected chi connectivity index (χ4v) is 3.07. The fourth-order valence-electron chi connectivity index (χ4n) is 2.05. The highest BCUT2D eigenvalue weighted by atomic mass is 79.9. The van der Waals surface area contributed by atoms with Crippen LogP contribution in [0.2, 0.25) is 0 Å². The topological polar surface area (TPSA) is 29.1 Å². The van der Waals surface area contributed by atoms with Crippen molar-refractivity contribution in [2.45, 2.75) is 20.8 Å². The van der Waals surface area contributed by atoms with Crippen molar-refractivity contribution in [3.63, 3.8) is 0 Å². The molecule has 1 amide bonds. The van der Waals surface area contributed by atoms with Crippen molar-refractivity contribution in [2.24, 2.45) is 0 Å². The van der Waals surface area contributed by atoms with Crippen LogP contribution in [-0.2, 0) is 0 Å². The molecule has 2 aromatic rings. The summed E-state index contributed by atoms with van der Waals surface area (Å²) < 4.78 is 1.90. The zero-order valence-electron chi connectivity index (χ0n) is 11.6. The first-order valence-electron chi connectivity index (χ1n) is 6.22. The van der Waals surface area contributed by atoms with E-state index in [4.69, 9.17) is 0 Å². The van der Waals surface area contributed by atoms with Crippen molar-refractivity contribution in [3.8, 4) is 0 Å². The van der Waals surface area contributed by atoms with Gasteiger partial charge in [-0.1, -0.05) is 22.0 Å². The molecule has 0 radical (unpaired) electrons. The molecule has 0 fully saturated rings. The molecule has 2 aromatic carbocycles. The summed E-state index contributed by atoms with van der Waals surface area (Å²) in [5.74, 6) is -0.103. The van der Waals surface area contributed by atoms with Crippen LogP contribution in [0.25, 0.3) is 0 Å². The molecule has 0 bridgehead atoms. The number of rotatable bonds is 2. The number of amides is 1. The molecule has 104 valence electrons. The second-order valence-corrected chi connectivity index (χ2v) is 6.57. The van der Waals surface area contributed by atoms with Crippen LogP contribution in [0.4, 0.5) is 5.69 Å². The van der Waals surface area contributed by atoms with E-state index in [-0.39, 0.29) is 5.91 Å². The molecule has 0 heterocycles. The van der Waals surface area contributed by atoms with Gasteiger partial charge in [0.05, 0.1) is 5.69 Å². The lowest BCUT2D eigenvalue weighted by Gasteiger charge is -2.12. The lowest BCUT2D eigenvalue weighted by atomic mass is 10.1. The zero-order chi connectivity index (χ0) is 14.9. The Hall–Kier alpha value is -1.13. The van der Waals surface area contributed by atoms with Gasteiger partial charge in [-0.3, -0.25) is 4.79 Å². The third kappa shape index (κ3) is 3.30. The molecule has 0 atom stereocenters. The van der Waals surface area contributed by atoms with Gasteiger partial charge in [0.2, 0.25) is 0 Å². The number of benzene rings is 2. The number of carbonyl (C=O) groups is 1.